The molecule has 3 atom stereocenters. The summed E-state index contributed by atoms with van der Waals surface area (Å²) >= 11 is 0. The highest BCUT2D eigenvalue weighted by molar-refractivity contribution is 5.88. The summed E-state index contributed by atoms with van der Waals surface area (Å²) < 4.78 is 5.50. The number of nitrogens with zero attached hydrogens (tertiary/aromatic N) is 1. The van der Waals surface area contributed by atoms with E-state index in [1.54, 1.807) is 0 Å². The van der Waals surface area contributed by atoms with E-state index in [0.717, 1.165) is 32.0 Å². The highest BCUT2D eigenvalue weighted by Crippen LogP contribution is 2.17. The third-order valence-corrected chi connectivity index (χ3v) is 4.44. The maximum Gasteiger partial charge on any atom is 0.221 e. The van der Waals surface area contributed by atoms with Gasteiger partial charge in [-0.05, 0) is 38.5 Å². The normalized spacial score (nSPS) is 21.7. The standard InChI is InChI=1S/C18H29N3O2/c1-13(21-9-10-23-12-14(21)2)11-19-15(3)17-5-7-18(8-6-17)20-16(4)22/h5-8,13-15,19H,9-12H2,1-4H3,(H,20,22)/t13-,14-,15+/m1/s1. The first-order valence-corrected chi connectivity index (χ1v) is 8.41. The monoisotopic (exact) mass is 319 g/mol. The zero-order chi connectivity index (χ0) is 16.8. The summed E-state index contributed by atoms with van der Waals surface area (Å²) in [4.78, 5) is 13.6. The first kappa shape index (κ1) is 17.9. The Kier molecular flexibility index (Phi) is 6.57. The van der Waals surface area contributed by atoms with Crippen LogP contribution in [0.25, 0.3) is 0 Å². The van der Waals surface area contributed by atoms with Gasteiger partial charge in [0.25, 0.3) is 0 Å². The van der Waals surface area contributed by atoms with E-state index in [-0.39, 0.29) is 11.9 Å². The van der Waals surface area contributed by atoms with Crippen molar-refractivity contribution in [2.75, 3.05) is 31.6 Å². The Morgan fingerprint density at radius 2 is 2.04 bits per heavy atom. The maximum atomic E-state index is 11.0. The Balaban J connectivity index is 1.83. The summed E-state index contributed by atoms with van der Waals surface area (Å²) in [5, 5.41) is 6.40. The average molecular weight is 319 g/mol. The zero-order valence-electron chi connectivity index (χ0n) is 14.6. The molecule has 128 valence electrons. The Bertz CT molecular complexity index is 503. The number of morpholine rings is 1. The van der Waals surface area contributed by atoms with Crippen LogP contribution in [0.1, 0.15) is 39.3 Å². The van der Waals surface area contributed by atoms with Crippen LogP contribution in [0, 0.1) is 0 Å². The molecule has 0 saturated carbocycles. The van der Waals surface area contributed by atoms with E-state index in [9.17, 15) is 4.79 Å². The van der Waals surface area contributed by atoms with Gasteiger partial charge in [0, 0.05) is 43.8 Å². The van der Waals surface area contributed by atoms with Crippen LogP contribution in [-0.2, 0) is 9.53 Å². The van der Waals surface area contributed by atoms with Crippen molar-refractivity contribution in [3.05, 3.63) is 29.8 Å². The molecule has 0 radical (unpaired) electrons. The van der Waals surface area contributed by atoms with E-state index in [1.165, 1.54) is 12.5 Å². The molecule has 0 bridgehead atoms. The lowest BCUT2D eigenvalue weighted by molar-refractivity contribution is -0.114. The second-order valence-corrected chi connectivity index (χ2v) is 6.44. The largest absolute Gasteiger partial charge is 0.379 e. The number of carbonyl (C=O) groups excluding carboxylic acids is 1. The topological polar surface area (TPSA) is 53.6 Å². The van der Waals surface area contributed by atoms with E-state index in [2.05, 4.69) is 48.4 Å². The number of hydrogen-bond acceptors (Lipinski definition) is 4. The summed E-state index contributed by atoms with van der Waals surface area (Å²) in [5.74, 6) is -0.0441. The molecule has 1 aliphatic rings. The van der Waals surface area contributed by atoms with E-state index >= 15 is 0 Å². The number of rotatable bonds is 6. The molecule has 0 aliphatic carbocycles. The molecular formula is C18H29N3O2. The Morgan fingerprint density at radius 1 is 1.35 bits per heavy atom. The maximum absolute atomic E-state index is 11.0. The molecule has 5 nitrogen and oxygen atoms in total. The van der Waals surface area contributed by atoms with Gasteiger partial charge < -0.3 is 15.4 Å². The van der Waals surface area contributed by atoms with Gasteiger partial charge in [0.2, 0.25) is 5.91 Å². The summed E-state index contributed by atoms with van der Waals surface area (Å²) in [7, 11) is 0. The number of nitrogens with one attached hydrogen (secondary N) is 2. The third kappa shape index (κ3) is 5.30. The lowest BCUT2D eigenvalue weighted by Crippen LogP contribution is -2.51. The average Bonchev–Trinajstić information content (AvgIpc) is 2.53. The smallest absolute Gasteiger partial charge is 0.221 e. The lowest BCUT2D eigenvalue weighted by atomic mass is 10.1. The summed E-state index contributed by atoms with van der Waals surface area (Å²) in [6.45, 7) is 11.8. The second-order valence-electron chi connectivity index (χ2n) is 6.44. The van der Waals surface area contributed by atoms with Crippen LogP contribution in [0.2, 0.25) is 0 Å². The second kappa shape index (κ2) is 8.43. The van der Waals surface area contributed by atoms with Gasteiger partial charge >= 0.3 is 0 Å². The van der Waals surface area contributed by atoms with Gasteiger partial charge in [-0.1, -0.05) is 12.1 Å². The number of carbonyl (C=O) groups is 1. The van der Waals surface area contributed by atoms with Crippen molar-refractivity contribution in [1.29, 1.82) is 0 Å². The fourth-order valence-corrected chi connectivity index (χ4v) is 3.04. The fourth-order valence-electron chi connectivity index (χ4n) is 3.04. The number of anilines is 1. The van der Waals surface area contributed by atoms with Gasteiger partial charge in [-0.3, -0.25) is 9.69 Å². The van der Waals surface area contributed by atoms with Crippen LogP contribution < -0.4 is 10.6 Å². The molecule has 1 aromatic carbocycles. The summed E-state index contributed by atoms with van der Waals surface area (Å²) in [6.07, 6.45) is 0. The van der Waals surface area contributed by atoms with E-state index in [4.69, 9.17) is 4.74 Å². The molecule has 5 heteroatoms. The molecule has 0 aromatic heterocycles. The minimum absolute atomic E-state index is 0.0441. The highest BCUT2D eigenvalue weighted by atomic mass is 16.5. The summed E-state index contributed by atoms with van der Waals surface area (Å²) in [6, 6.07) is 9.25. The van der Waals surface area contributed by atoms with Gasteiger partial charge in [-0.15, -0.1) is 0 Å². The number of benzene rings is 1. The van der Waals surface area contributed by atoms with Crippen molar-refractivity contribution in [3.63, 3.8) is 0 Å². The molecule has 2 rings (SSSR count). The molecule has 1 aliphatic heterocycles. The molecule has 23 heavy (non-hydrogen) atoms. The van der Waals surface area contributed by atoms with Gasteiger partial charge in [0.1, 0.15) is 0 Å². The quantitative estimate of drug-likeness (QED) is 0.845. The van der Waals surface area contributed by atoms with E-state index in [1.807, 2.05) is 12.1 Å². The summed E-state index contributed by atoms with van der Waals surface area (Å²) in [5.41, 5.74) is 2.06. The Hall–Kier alpha value is -1.43. The van der Waals surface area contributed by atoms with E-state index < -0.39 is 0 Å². The number of hydrogen-bond donors (Lipinski definition) is 2. The predicted octanol–water partition coefficient (Wildman–Crippen LogP) is 2.40. The zero-order valence-corrected chi connectivity index (χ0v) is 14.6. The molecule has 1 saturated heterocycles. The predicted molar refractivity (Wildman–Crippen MR) is 93.6 cm³/mol. The van der Waals surface area contributed by atoms with Gasteiger partial charge in [0.05, 0.1) is 13.2 Å². The van der Waals surface area contributed by atoms with Crippen molar-refractivity contribution in [2.24, 2.45) is 0 Å². The molecule has 1 fully saturated rings. The van der Waals surface area contributed by atoms with Crippen LogP contribution >= 0.6 is 0 Å². The fraction of sp³-hybridized carbons (Fsp3) is 0.611. The lowest BCUT2D eigenvalue weighted by Gasteiger charge is -2.38. The third-order valence-electron chi connectivity index (χ3n) is 4.44. The molecule has 0 unspecified atom stereocenters. The van der Waals surface area contributed by atoms with Crippen molar-refractivity contribution >= 4 is 11.6 Å². The van der Waals surface area contributed by atoms with Crippen LogP contribution in [0.15, 0.2) is 24.3 Å². The van der Waals surface area contributed by atoms with Crippen molar-refractivity contribution in [1.82, 2.24) is 10.2 Å². The number of amides is 1. The van der Waals surface area contributed by atoms with Crippen molar-refractivity contribution in [3.8, 4) is 0 Å². The first-order valence-electron chi connectivity index (χ1n) is 8.41. The van der Waals surface area contributed by atoms with Gasteiger partial charge in [-0.2, -0.15) is 0 Å². The minimum Gasteiger partial charge on any atom is -0.379 e. The van der Waals surface area contributed by atoms with Crippen LogP contribution in [0.5, 0.6) is 0 Å². The van der Waals surface area contributed by atoms with Gasteiger partial charge in [0.15, 0.2) is 0 Å². The van der Waals surface area contributed by atoms with Crippen LogP contribution in [-0.4, -0.2) is 49.2 Å². The first-order chi connectivity index (χ1) is 11.0. The molecule has 0 spiro atoms. The number of ether oxygens (including phenoxy) is 1. The highest BCUT2D eigenvalue weighted by Gasteiger charge is 2.23. The molecule has 2 N–H and O–H groups in total. The van der Waals surface area contributed by atoms with E-state index in [0.29, 0.717) is 12.1 Å². The van der Waals surface area contributed by atoms with Crippen molar-refractivity contribution in [2.45, 2.75) is 45.8 Å². The van der Waals surface area contributed by atoms with Gasteiger partial charge in [-0.25, -0.2) is 0 Å². The Morgan fingerprint density at radius 3 is 2.65 bits per heavy atom. The SMILES string of the molecule is CC(=O)Nc1ccc([C@H](C)NC[C@@H](C)N2CCOC[C@H]2C)cc1. The van der Waals surface area contributed by atoms with Crippen LogP contribution in [0.4, 0.5) is 5.69 Å². The molecule has 1 amide bonds. The molecular weight excluding hydrogens is 290 g/mol. The van der Waals surface area contributed by atoms with Crippen molar-refractivity contribution < 1.29 is 9.53 Å². The van der Waals surface area contributed by atoms with Crippen LogP contribution in [0.3, 0.4) is 0 Å². The Labute approximate surface area is 139 Å². The minimum atomic E-state index is -0.0441. The molecule has 1 aromatic rings. The molecule has 1 heterocycles.